The first kappa shape index (κ1) is 22.5. The first-order valence-electron chi connectivity index (χ1n) is 10.6. The van der Waals surface area contributed by atoms with Crippen LogP contribution in [0.2, 0.25) is 0 Å². The highest BCUT2D eigenvalue weighted by molar-refractivity contribution is 9.10. The summed E-state index contributed by atoms with van der Waals surface area (Å²) in [6, 6.07) is 15.6. The van der Waals surface area contributed by atoms with Crippen LogP contribution in [-0.4, -0.2) is 36.3 Å². The molecule has 0 aliphatic carbocycles. The molecule has 1 fully saturated rings. The highest BCUT2D eigenvalue weighted by Gasteiger charge is 2.15. The number of halogens is 1. The van der Waals surface area contributed by atoms with Crippen LogP contribution in [0.1, 0.15) is 47.7 Å². The maximum Gasteiger partial charge on any atom is 0.251 e. The molecule has 0 radical (unpaired) electrons. The second-order valence-electron chi connectivity index (χ2n) is 8.06. The van der Waals surface area contributed by atoms with Gasteiger partial charge >= 0.3 is 0 Å². The Morgan fingerprint density at radius 1 is 0.967 bits per heavy atom. The summed E-state index contributed by atoms with van der Waals surface area (Å²) in [6.07, 6.45) is 2.83. The Bertz CT molecular complexity index is 829. The minimum absolute atomic E-state index is 0.0716. The molecule has 0 aromatic heterocycles. The van der Waals surface area contributed by atoms with Gasteiger partial charge in [-0.3, -0.25) is 14.5 Å². The monoisotopic (exact) mass is 471 g/mol. The fraction of sp³-hybridized carbons (Fsp3) is 0.417. The summed E-state index contributed by atoms with van der Waals surface area (Å²) >= 11 is 3.34. The van der Waals surface area contributed by atoms with Gasteiger partial charge in [0.05, 0.1) is 0 Å². The number of carbonyl (C=O) groups is 2. The number of likely N-dealkylation sites (tertiary alicyclic amines) is 1. The van der Waals surface area contributed by atoms with E-state index in [2.05, 4.69) is 62.7 Å². The normalized spacial score (nSPS) is 15.0. The topological polar surface area (TPSA) is 61.4 Å². The quantitative estimate of drug-likeness (QED) is 0.608. The van der Waals surface area contributed by atoms with Crippen molar-refractivity contribution < 1.29 is 9.59 Å². The summed E-state index contributed by atoms with van der Waals surface area (Å²) in [5.41, 5.74) is 2.98. The Hall–Kier alpha value is -2.18. The van der Waals surface area contributed by atoms with Gasteiger partial charge in [-0.1, -0.05) is 47.1 Å². The van der Waals surface area contributed by atoms with E-state index in [0.717, 1.165) is 22.5 Å². The van der Waals surface area contributed by atoms with Crippen molar-refractivity contribution in [3.8, 4) is 0 Å². The molecular weight excluding hydrogens is 442 g/mol. The lowest BCUT2D eigenvalue weighted by molar-refractivity contribution is -0.121. The average molecular weight is 472 g/mol. The van der Waals surface area contributed by atoms with Crippen molar-refractivity contribution in [1.29, 1.82) is 0 Å². The molecule has 30 heavy (non-hydrogen) atoms. The first-order valence-corrected chi connectivity index (χ1v) is 11.4. The Kier molecular flexibility index (Phi) is 8.46. The molecule has 6 heteroatoms. The molecule has 5 nitrogen and oxygen atoms in total. The highest BCUT2D eigenvalue weighted by atomic mass is 79.9. The van der Waals surface area contributed by atoms with Crippen molar-refractivity contribution in [2.45, 2.75) is 39.3 Å². The second kappa shape index (κ2) is 11.3. The Balaban J connectivity index is 1.34. The predicted octanol–water partition coefficient (Wildman–Crippen LogP) is 4.12. The number of nitrogens with one attached hydrogen (secondary N) is 2. The van der Waals surface area contributed by atoms with Crippen molar-refractivity contribution in [3.05, 3.63) is 69.7 Å². The fourth-order valence-electron chi connectivity index (χ4n) is 3.52. The van der Waals surface area contributed by atoms with Crippen molar-refractivity contribution in [3.63, 3.8) is 0 Å². The molecule has 1 aliphatic heterocycles. The minimum atomic E-state index is -0.172. The predicted molar refractivity (Wildman–Crippen MR) is 123 cm³/mol. The van der Waals surface area contributed by atoms with Crippen molar-refractivity contribution >= 4 is 27.7 Å². The van der Waals surface area contributed by atoms with Gasteiger partial charge in [-0.15, -0.1) is 0 Å². The maximum atomic E-state index is 12.1. The fourth-order valence-corrected chi connectivity index (χ4v) is 3.79. The largest absolute Gasteiger partial charge is 0.352 e. The van der Waals surface area contributed by atoms with Crippen LogP contribution in [-0.2, 0) is 17.9 Å². The third-order valence-corrected chi connectivity index (χ3v) is 6.07. The van der Waals surface area contributed by atoms with Crippen LogP contribution in [0.3, 0.4) is 0 Å². The van der Waals surface area contributed by atoms with Gasteiger partial charge in [0.1, 0.15) is 0 Å². The molecule has 1 saturated heterocycles. The number of carbonyl (C=O) groups excluding carboxylic acids is 2. The van der Waals surface area contributed by atoms with E-state index in [-0.39, 0.29) is 18.2 Å². The molecule has 0 spiro atoms. The molecular formula is C24H30BrN3O2. The van der Waals surface area contributed by atoms with Crippen molar-refractivity contribution in [2.75, 3.05) is 19.6 Å². The van der Waals surface area contributed by atoms with E-state index in [1.54, 1.807) is 12.1 Å². The third kappa shape index (κ3) is 7.26. The number of hydrogen-bond donors (Lipinski definition) is 2. The molecule has 0 atom stereocenters. The molecule has 0 bridgehead atoms. The van der Waals surface area contributed by atoms with Crippen LogP contribution in [0, 0.1) is 5.92 Å². The molecule has 1 aliphatic rings. The zero-order chi connectivity index (χ0) is 21.3. The van der Waals surface area contributed by atoms with E-state index in [9.17, 15) is 9.59 Å². The van der Waals surface area contributed by atoms with Gasteiger partial charge in [0.2, 0.25) is 5.91 Å². The second-order valence-corrected chi connectivity index (χ2v) is 8.98. The van der Waals surface area contributed by atoms with Crippen molar-refractivity contribution in [1.82, 2.24) is 15.5 Å². The van der Waals surface area contributed by atoms with Gasteiger partial charge in [-0.2, -0.15) is 0 Å². The highest BCUT2D eigenvalue weighted by Crippen LogP contribution is 2.18. The van der Waals surface area contributed by atoms with Crippen LogP contribution >= 0.6 is 15.9 Å². The van der Waals surface area contributed by atoms with Crippen LogP contribution in [0.4, 0.5) is 0 Å². The van der Waals surface area contributed by atoms with Crippen LogP contribution in [0.15, 0.2) is 53.0 Å². The molecule has 3 rings (SSSR count). The van der Waals surface area contributed by atoms with Gasteiger partial charge in [-0.05, 0) is 67.2 Å². The number of piperidine rings is 1. The van der Waals surface area contributed by atoms with E-state index in [4.69, 9.17) is 0 Å². The zero-order valence-corrected chi connectivity index (χ0v) is 19.1. The summed E-state index contributed by atoms with van der Waals surface area (Å²) in [6.45, 7) is 6.50. The molecule has 2 aromatic carbocycles. The molecule has 1 heterocycles. The number of rotatable bonds is 8. The average Bonchev–Trinajstić information content (AvgIpc) is 2.75. The lowest BCUT2D eigenvalue weighted by Gasteiger charge is -2.30. The van der Waals surface area contributed by atoms with E-state index >= 15 is 0 Å². The number of nitrogens with zero attached hydrogens (tertiary/aromatic N) is 1. The van der Waals surface area contributed by atoms with E-state index in [0.29, 0.717) is 18.7 Å². The van der Waals surface area contributed by atoms with Gasteiger partial charge < -0.3 is 10.6 Å². The minimum Gasteiger partial charge on any atom is -0.352 e. The number of amides is 2. The summed E-state index contributed by atoms with van der Waals surface area (Å²) in [4.78, 5) is 26.6. The van der Waals surface area contributed by atoms with Gasteiger partial charge in [0, 0.05) is 36.1 Å². The lowest BCUT2D eigenvalue weighted by Crippen LogP contribution is -2.32. The van der Waals surface area contributed by atoms with E-state index in [1.807, 2.05) is 12.1 Å². The van der Waals surface area contributed by atoms with Crippen LogP contribution in [0.25, 0.3) is 0 Å². The maximum absolute atomic E-state index is 12.1. The van der Waals surface area contributed by atoms with Crippen LogP contribution in [0.5, 0.6) is 0 Å². The number of hydrogen-bond acceptors (Lipinski definition) is 3. The summed E-state index contributed by atoms with van der Waals surface area (Å²) in [5.74, 6) is 0.605. The lowest BCUT2D eigenvalue weighted by atomic mass is 9.99. The first-order chi connectivity index (χ1) is 14.5. The SMILES string of the molecule is CC1CCN(Cc2ccc(CNC(=O)CCNC(=O)c3ccc(Br)cc3)cc2)CC1. The van der Waals surface area contributed by atoms with Gasteiger partial charge in [0.25, 0.3) is 5.91 Å². The Labute approximate surface area is 187 Å². The Morgan fingerprint density at radius 2 is 1.60 bits per heavy atom. The number of benzene rings is 2. The van der Waals surface area contributed by atoms with Gasteiger partial charge in [-0.25, -0.2) is 0 Å². The smallest absolute Gasteiger partial charge is 0.251 e. The third-order valence-electron chi connectivity index (χ3n) is 5.54. The van der Waals surface area contributed by atoms with Crippen LogP contribution < -0.4 is 10.6 Å². The molecule has 0 unspecified atom stereocenters. The molecule has 2 amide bonds. The van der Waals surface area contributed by atoms with Crippen molar-refractivity contribution in [2.24, 2.45) is 5.92 Å². The van der Waals surface area contributed by atoms with E-state index < -0.39 is 0 Å². The molecule has 160 valence electrons. The molecule has 0 saturated carbocycles. The summed E-state index contributed by atoms with van der Waals surface area (Å²) < 4.78 is 0.924. The zero-order valence-electron chi connectivity index (χ0n) is 17.5. The van der Waals surface area contributed by atoms with E-state index in [1.165, 1.54) is 31.5 Å². The van der Waals surface area contributed by atoms with Gasteiger partial charge in [0.15, 0.2) is 0 Å². The Morgan fingerprint density at radius 3 is 2.27 bits per heavy atom. The summed E-state index contributed by atoms with van der Waals surface area (Å²) in [7, 11) is 0. The summed E-state index contributed by atoms with van der Waals surface area (Å²) in [5, 5.41) is 5.70. The molecule has 2 aromatic rings. The molecule has 2 N–H and O–H groups in total. The standard InChI is InChI=1S/C24H30BrN3O2/c1-18-11-14-28(15-12-18)17-20-4-2-19(3-5-20)16-27-23(29)10-13-26-24(30)21-6-8-22(25)9-7-21/h2-9,18H,10-17H2,1H3,(H,26,30)(H,27,29).